The van der Waals surface area contributed by atoms with Crippen LogP contribution in [-0.2, 0) is 14.3 Å². The number of carbonyl (C=O) groups excluding carboxylic acids is 1. The van der Waals surface area contributed by atoms with Gasteiger partial charge in [-0.2, -0.15) is 0 Å². The Bertz CT molecular complexity index is 1330. The lowest BCUT2D eigenvalue weighted by atomic mass is 9.99. The van der Waals surface area contributed by atoms with Crippen LogP contribution in [0.4, 0.5) is 0 Å². The first kappa shape index (κ1) is 68.9. The molecular formula is C64H117NO8. The Labute approximate surface area is 449 Å². The lowest BCUT2D eigenvalue weighted by Crippen LogP contribution is -2.60. The third-order valence-electron chi connectivity index (χ3n) is 14.6. The Balaban J connectivity index is 2.19. The minimum Gasteiger partial charge on any atom is -0.394 e. The summed E-state index contributed by atoms with van der Waals surface area (Å²) in [4.78, 5) is 13.1. The highest BCUT2D eigenvalue weighted by atomic mass is 16.7. The van der Waals surface area contributed by atoms with Gasteiger partial charge in [0.1, 0.15) is 24.4 Å². The first-order valence-corrected chi connectivity index (χ1v) is 31.0. The van der Waals surface area contributed by atoms with Crippen LogP contribution in [0.1, 0.15) is 284 Å². The second-order valence-electron chi connectivity index (χ2n) is 21.5. The molecule has 6 N–H and O–H groups in total. The first-order chi connectivity index (χ1) is 35.8. The van der Waals surface area contributed by atoms with Gasteiger partial charge in [0, 0.05) is 6.42 Å². The van der Waals surface area contributed by atoms with Gasteiger partial charge in [-0.05, 0) is 57.8 Å². The van der Waals surface area contributed by atoms with Crippen LogP contribution in [0, 0.1) is 0 Å². The molecule has 7 atom stereocenters. The van der Waals surface area contributed by atoms with Gasteiger partial charge < -0.3 is 40.3 Å². The summed E-state index contributed by atoms with van der Waals surface area (Å²) in [6.45, 7) is 3.70. The van der Waals surface area contributed by atoms with Crippen molar-refractivity contribution in [3.05, 3.63) is 60.8 Å². The highest BCUT2D eigenvalue weighted by molar-refractivity contribution is 5.76. The number of amides is 1. The van der Waals surface area contributed by atoms with E-state index in [1.165, 1.54) is 199 Å². The number of nitrogens with one attached hydrogen (secondary N) is 1. The molecule has 0 spiro atoms. The molecule has 1 saturated heterocycles. The standard InChI is InChI=1S/C64H117NO8/c1-3-5-7-9-11-13-15-17-19-21-23-25-27-28-29-30-32-34-36-38-40-42-44-46-48-50-52-54-60(68)65-57(56-72-64-63(71)62(70)61(69)59(55-66)73-64)58(67)53-51-49-47-45-43-41-39-37-35-33-31-26-24-22-20-18-16-14-12-10-8-6-4-2/h5,7,11,13,17,19,23,25,51,53,57-59,61-64,66-67,69-71H,3-4,6,8-10,12,14-16,18,20-22,24,26-50,52,54-56H2,1-2H3,(H,65,68)/b7-5-,13-11-,19-17-,25-23-,53-51+. The normalized spacial score (nSPS) is 19.5. The Morgan fingerprint density at radius 1 is 0.479 bits per heavy atom. The third kappa shape index (κ3) is 42.7. The average molecular weight is 1030 g/mol. The summed E-state index contributed by atoms with van der Waals surface area (Å²) >= 11 is 0. The predicted octanol–water partition coefficient (Wildman–Crippen LogP) is 15.9. The number of carbonyl (C=O) groups is 1. The molecule has 1 aliphatic heterocycles. The van der Waals surface area contributed by atoms with Gasteiger partial charge in [-0.1, -0.05) is 280 Å². The van der Waals surface area contributed by atoms with Gasteiger partial charge in [0.2, 0.25) is 5.91 Å². The summed E-state index contributed by atoms with van der Waals surface area (Å²) in [5, 5.41) is 54.6. The van der Waals surface area contributed by atoms with Crippen molar-refractivity contribution in [3.63, 3.8) is 0 Å². The van der Waals surface area contributed by atoms with Crippen LogP contribution in [0.3, 0.4) is 0 Å². The van der Waals surface area contributed by atoms with E-state index < -0.39 is 49.5 Å². The van der Waals surface area contributed by atoms with Crippen LogP contribution in [0.15, 0.2) is 60.8 Å². The molecular weight excluding hydrogens is 911 g/mol. The van der Waals surface area contributed by atoms with Crippen molar-refractivity contribution in [3.8, 4) is 0 Å². The number of ether oxygens (including phenoxy) is 2. The van der Waals surface area contributed by atoms with Crippen LogP contribution < -0.4 is 5.32 Å². The van der Waals surface area contributed by atoms with E-state index in [-0.39, 0.29) is 12.5 Å². The number of aliphatic hydroxyl groups is 5. The zero-order valence-corrected chi connectivity index (χ0v) is 47.4. The summed E-state index contributed by atoms with van der Waals surface area (Å²) in [7, 11) is 0. The zero-order valence-electron chi connectivity index (χ0n) is 47.4. The monoisotopic (exact) mass is 1030 g/mol. The molecule has 0 aromatic heterocycles. The summed E-state index contributed by atoms with van der Waals surface area (Å²) in [5.74, 6) is -0.176. The fourth-order valence-corrected chi connectivity index (χ4v) is 9.74. The minimum atomic E-state index is -1.57. The van der Waals surface area contributed by atoms with Gasteiger partial charge in [-0.25, -0.2) is 0 Å². The van der Waals surface area contributed by atoms with E-state index in [4.69, 9.17) is 9.47 Å². The lowest BCUT2D eigenvalue weighted by molar-refractivity contribution is -0.302. The maximum atomic E-state index is 13.1. The summed E-state index contributed by atoms with van der Waals surface area (Å²) in [6, 6.07) is -0.808. The fourth-order valence-electron chi connectivity index (χ4n) is 9.74. The van der Waals surface area contributed by atoms with E-state index in [1.54, 1.807) is 6.08 Å². The number of aliphatic hydroxyl groups excluding tert-OH is 5. The highest BCUT2D eigenvalue weighted by Crippen LogP contribution is 2.23. The molecule has 426 valence electrons. The molecule has 0 aromatic rings. The van der Waals surface area contributed by atoms with Crippen molar-refractivity contribution in [2.24, 2.45) is 0 Å². The van der Waals surface area contributed by atoms with Crippen molar-refractivity contribution < 1.29 is 39.8 Å². The summed E-state index contributed by atoms with van der Waals surface area (Å²) in [6.07, 6.45) is 65.8. The maximum Gasteiger partial charge on any atom is 0.220 e. The Morgan fingerprint density at radius 3 is 1.26 bits per heavy atom. The molecule has 73 heavy (non-hydrogen) atoms. The Kier molecular flexibility index (Phi) is 50.3. The van der Waals surface area contributed by atoms with Crippen molar-refractivity contribution in [1.29, 1.82) is 0 Å². The molecule has 0 bridgehead atoms. The molecule has 1 fully saturated rings. The summed E-state index contributed by atoms with van der Waals surface area (Å²) in [5.41, 5.74) is 0. The van der Waals surface area contributed by atoms with Gasteiger partial charge in [0.15, 0.2) is 6.29 Å². The van der Waals surface area contributed by atoms with Gasteiger partial charge >= 0.3 is 0 Å². The number of hydrogen-bond donors (Lipinski definition) is 6. The van der Waals surface area contributed by atoms with E-state index in [0.717, 1.165) is 64.2 Å². The molecule has 0 radical (unpaired) electrons. The molecule has 9 heteroatoms. The van der Waals surface area contributed by atoms with Gasteiger partial charge in [0.25, 0.3) is 0 Å². The van der Waals surface area contributed by atoms with Crippen LogP contribution in [0.5, 0.6) is 0 Å². The molecule has 7 unspecified atom stereocenters. The maximum absolute atomic E-state index is 13.1. The molecule has 0 aliphatic carbocycles. The lowest BCUT2D eigenvalue weighted by Gasteiger charge is -2.40. The second-order valence-corrected chi connectivity index (χ2v) is 21.5. The highest BCUT2D eigenvalue weighted by Gasteiger charge is 2.44. The first-order valence-electron chi connectivity index (χ1n) is 31.0. The minimum absolute atomic E-state index is 0.176. The average Bonchev–Trinajstić information content (AvgIpc) is 3.39. The Morgan fingerprint density at radius 2 is 0.849 bits per heavy atom. The largest absolute Gasteiger partial charge is 0.394 e. The third-order valence-corrected chi connectivity index (χ3v) is 14.6. The smallest absolute Gasteiger partial charge is 0.220 e. The molecule has 0 saturated carbocycles. The number of rotatable bonds is 53. The molecule has 1 rings (SSSR count). The van der Waals surface area contributed by atoms with E-state index in [1.807, 2.05) is 6.08 Å². The topological polar surface area (TPSA) is 149 Å². The molecule has 9 nitrogen and oxygen atoms in total. The van der Waals surface area contributed by atoms with Crippen LogP contribution in [-0.4, -0.2) is 87.5 Å². The van der Waals surface area contributed by atoms with Crippen LogP contribution in [0.25, 0.3) is 0 Å². The van der Waals surface area contributed by atoms with Crippen LogP contribution in [0.2, 0.25) is 0 Å². The van der Waals surface area contributed by atoms with Crippen molar-refractivity contribution in [1.82, 2.24) is 5.32 Å². The molecule has 1 aliphatic rings. The number of unbranched alkanes of at least 4 members (excludes halogenated alkanes) is 35. The van der Waals surface area contributed by atoms with Crippen molar-refractivity contribution in [2.45, 2.75) is 326 Å². The van der Waals surface area contributed by atoms with Gasteiger partial charge in [0.05, 0.1) is 25.4 Å². The second kappa shape index (κ2) is 53.3. The van der Waals surface area contributed by atoms with Gasteiger partial charge in [-0.3, -0.25) is 4.79 Å². The van der Waals surface area contributed by atoms with E-state index in [9.17, 15) is 30.3 Å². The quantitative estimate of drug-likeness (QED) is 0.0261. The van der Waals surface area contributed by atoms with Gasteiger partial charge in [-0.15, -0.1) is 0 Å². The molecule has 1 amide bonds. The number of hydrogen-bond acceptors (Lipinski definition) is 8. The van der Waals surface area contributed by atoms with E-state index in [2.05, 4.69) is 67.8 Å². The zero-order chi connectivity index (χ0) is 52.9. The predicted molar refractivity (Wildman–Crippen MR) is 309 cm³/mol. The van der Waals surface area contributed by atoms with E-state index >= 15 is 0 Å². The van der Waals surface area contributed by atoms with Crippen molar-refractivity contribution in [2.75, 3.05) is 13.2 Å². The van der Waals surface area contributed by atoms with E-state index in [0.29, 0.717) is 6.42 Å². The number of allylic oxidation sites excluding steroid dienone is 9. The molecule has 1 heterocycles. The fraction of sp³-hybridized carbons (Fsp3) is 0.828. The SMILES string of the molecule is CC/C=C\C/C=C\C/C=C\C/C=C\CCCCCCCCCCCCCCCCC(=O)NC(COC1OC(CO)C(O)C(O)C1O)C(O)/C=C/CCCCCCCCCCCCCCCCCCCCCCC. The van der Waals surface area contributed by atoms with Crippen LogP contribution >= 0.6 is 0 Å². The Hall–Kier alpha value is -2.11. The molecule has 0 aromatic carbocycles. The summed E-state index contributed by atoms with van der Waals surface area (Å²) < 4.78 is 11.3. The van der Waals surface area contributed by atoms with Crippen molar-refractivity contribution >= 4 is 5.91 Å².